The summed E-state index contributed by atoms with van der Waals surface area (Å²) < 4.78 is 17.6. The molecule has 5 nitrogen and oxygen atoms in total. The minimum Gasteiger partial charge on any atom is -0.444 e. The van der Waals surface area contributed by atoms with Crippen LogP contribution in [0.25, 0.3) is 0 Å². The van der Waals surface area contributed by atoms with Crippen molar-refractivity contribution < 1.29 is 18.7 Å². The summed E-state index contributed by atoms with van der Waals surface area (Å²) in [6.07, 6.45) is 5.41. The number of rotatable bonds is 3. The lowest BCUT2D eigenvalue weighted by Crippen LogP contribution is -2.37. The highest BCUT2D eigenvalue weighted by Crippen LogP contribution is 2.37. The highest BCUT2D eigenvalue weighted by Gasteiger charge is 2.42. The van der Waals surface area contributed by atoms with E-state index in [4.69, 9.17) is 13.9 Å². The van der Waals surface area contributed by atoms with Crippen LogP contribution in [0.4, 0.5) is 0 Å². The second-order valence-corrected chi connectivity index (χ2v) is 6.12. The maximum atomic E-state index is 11.9. The second kappa shape index (κ2) is 5.87. The zero-order valence-corrected chi connectivity index (χ0v) is 12.8. The van der Waals surface area contributed by atoms with Gasteiger partial charge in [0, 0.05) is 19.4 Å². The smallest absolute Gasteiger partial charge is 0.287 e. The first-order valence-electron chi connectivity index (χ1n) is 7.02. The zero-order chi connectivity index (χ0) is 14.0. The summed E-state index contributed by atoms with van der Waals surface area (Å²) >= 11 is 3.17. The monoisotopic (exact) mass is 343 g/mol. The molecule has 1 spiro atoms. The molecule has 1 aromatic heterocycles. The Hall–Kier alpha value is -0.850. The van der Waals surface area contributed by atoms with Gasteiger partial charge in [0.1, 0.15) is 6.10 Å². The maximum Gasteiger partial charge on any atom is 0.287 e. The first-order valence-corrected chi connectivity index (χ1v) is 7.81. The molecule has 1 N–H and O–H groups in total. The number of halogens is 1. The lowest BCUT2D eigenvalue weighted by atomic mass is 9.94. The molecule has 3 rings (SSSR count). The van der Waals surface area contributed by atoms with Crippen molar-refractivity contribution in [2.45, 2.75) is 44.0 Å². The molecule has 0 aromatic carbocycles. The van der Waals surface area contributed by atoms with Gasteiger partial charge >= 0.3 is 0 Å². The third-order valence-corrected chi connectivity index (χ3v) is 4.24. The van der Waals surface area contributed by atoms with Crippen LogP contribution in [0.3, 0.4) is 0 Å². The van der Waals surface area contributed by atoms with E-state index >= 15 is 0 Å². The summed E-state index contributed by atoms with van der Waals surface area (Å²) in [4.78, 5) is 11.9. The van der Waals surface area contributed by atoms with Crippen LogP contribution < -0.4 is 5.32 Å². The normalized spacial score (nSPS) is 24.9. The van der Waals surface area contributed by atoms with Gasteiger partial charge in [-0.3, -0.25) is 4.79 Å². The molecule has 0 unspecified atom stereocenters. The first kappa shape index (κ1) is 14.1. The zero-order valence-electron chi connectivity index (χ0n) is 11.2. The molecule has 1 aliphatic carbocycles. The summed E-state index contributed by atoms with van der Waals surface area (Å²) in [5.74, 6) is -0.325. The molecule has 1 saturated heterocycles. The molecule has 1 aromatic rings. The molecule has 6 heteroatoms. The van der Waals surface area contributed by atoms with E-state index in [1.54, 1.807) is 12.1 Å². The van der Waals surface area contributed by atoms with Gasteiger partial charge in [0.15, 0.2) is 16.2 Å². The third-order valence-electron chi connectivity index (χ3n) is 3.82. The van der Waals surface area contributed by atoms with Crippen molar-refractivity contribution in [1.82, 2.24) is 5.32 Å². The van der Waals surface area contributed by atoms with Gasteiger partial charge in [0.05, 0.1) is 6.61 Å². The fourth-order valence-electron chi connectivity index (χ4n) is 2.80. The van der Waals surface area contributed by atoms with E-state index in [0.717, 1.165) is 25.7 Å². The molecule has 2 aliphatic rings. The van der Waals surface area contributed by atoms with Crippen molar-refractivity contribution in [3.63, 3.8) is 0 Å². The summed E-state index contributed by atoms with van der Waals surface area (Å²) in [5, 5.41) is 2.82. The SMILES string of the molecule is O=C(NC[C@@H]1COC2(CCCCC2)O1)c1ccc(Br)o1. The van der Waals surface area contributed by atoms with Gasteiger partial charge in [0.2, 0.25) is 0 Å². The molecule has 0 bridgehead atoms. The Labute approximate surface area is 126 Å². The van der Waals surface area contributed by atoms with Crippen LogP contribution in [-0.2, 0) is 9.47 Å². The number of hydrogen-bond acceptors (Lipinski definition) is 4. The maximum absolute atomic E-state index is 11.9. The Balaban J connectivity index is 1.49. The average molecular weight is 344 g/mol. The molecule has 0 radical (unpaired) electrons. The van der Waals surface area contributed by atoms with Crippen LogP contribution >= 0.6 is 15.9 Å². The van der Waals surface area contributed by atoms with Crippen LogP contribution in [0.5, 0.6) is 0 Å². The van der Waals surface area contributed by atoms with Gasteiger partial charge < -0.3 is 19.2 Å². The summed E-state index contributed by atoms with van der Waals surface area (Å²) in [5.41, 5.74) is 0. The number of carbonyl (C=O) groups excluding carboxylic acids is 1. The summed E-state index contributed by atoms with van der Waals surface area (Å²) in [6, 6.07) is 3.33. The van der Waals surface area contributed by atoms with E-state index in [2.05, 4.69) is 21.2 Å². The first-order chi connectivity index (χ1) is 9.67. The average Bonchev–Trinajstić information content (AvgIpc) is 3.05. The summed E-state index contributed by atoms with van der Waals surface area (Å²) in [7, 11) is 0. The van der Waals surface area contributed by atoms with Gasteiger partial charge in [-0.15, -0.1) is 0 Å². The minimum atomic E-state index is -0.388. The van der Waals surface area contributed by atoms with Crippen molar-refractivity contribution in [2.24, 2.45) is 0 Å². The van der Waals surface area contributed by atoms with Crippen molar-refractivity contribution in [3.8, 4) is 0 Å². The predicted molar refractivity (Wildman–Crippen MR) is 75.4 cm³/mol. The Bertz CT molecular complexity index is 481. The molecular formula is C14H18BrNO4. The van der Waals surface area contributed by atoms with E-state index in [-0.39, 0.29) is 17.8 Å². The number of ether oxygens (including phenoxy) is 2. The van der Waals surface area contributed by atoms with Gasteiger partial charge in [-0.2, -0.15) is 0 Å². The van der Waals surface area contributed by atoms with Gasteiger partial charge in [-0.25, -0.2) is 0 Å². The minimum absolute atomic E-state index is 0.0737. The molecule has 1 aliphatic heterocycles. The molecule has 20 heavy (non-hydrogen) atoms. The lowest BCUT2D eigenvalue weighted by molar-refractivity contribution is -0.186. The van der Waals surface area contributed by atoms with Crippen molar-refractivity contribution >= 4 is 21.8 Å². The van der Waals surface area contributed by atoms with Crippen LogP contribution in [-0.4, -0.2) is 30.9 Å². The summed E-state index contributed by atoms with van der Waals surface area (Å²) in [6.45, 7) is 0.987. The van der Waals surface area contributed by atoms with Crippen molar-refractivity contribution in [1.29, 1.82) is 0 Å². The van der Waals surface area contributed by atoms with E-state index in [0.29, 0.717) is 23.6 Å². The molecule has 1 saturated carbocycles. The number of furan rings is 1. The number of hydrogen-bond donors (Lipinski definition) is 1. The molecule has 1 amide bonds. The van der Waals surface area contributed by atoms with E-state index in [9.17, 15) is 4.79 Å². The third kappa shape index (κ3) is 3.07. The molecule has 110 valence electrons. The fraction of sp³-hybridized carbons (Fsp3) is 0.643. The predicted octanol–water partition coefficient (Wildman–Crippen LogP) is 2.85. The Morgan fingerprint density at radius 2 is 2.15 bits per heavy atom. The number of amides is 1. The Morgan fingerprint density at radius 3 is 2.85 bits per heavy atom. The van der Waals surface area contributed by atoms with Crippen LogP contribution in [0, 0.1) is 0 Å². The van der Waals surface area contributed by atoms with Gasteiger partial charge in [0.25, 0.3) is 5.91 Å². The Morgan fingerprint density at radius 1 is 1.35 bits per heavy atom. The van der Waals surface area contributed by atoms with Crippen LogP contribution in [0.1, 0.15) is 42.7 Å². The van der Waals surface area contributed by atoms with E-state index in [1.165, 1.54) is 6.42 Å². The standard InChI is InChI=1S/C14H18BrNO4/c15-12-5-4-11(19-12)13(17)16-8-10-9-18-14(20-10)6-2-1-3-7-14/h4-5,10H,1-3,6-9H2,(H,16,17)/t10-/m1/s1. The molecule has 2 fully saturated rings. The highest BCUT2D eigenvalue weighted by molar-refractivity contribution is 9.10. The fourth-order valence-corrected chi connectivity index (χ4v) is 3.11. The topological polar surface area (TPSA) is 60.7 Å². The van der Waals surface area contributed by atoms with Crippen molar-refractivity contribution in [3.05, 3.63) is 22.6 Å². The van der Waals surface area contributed by atoms with Crippen molar-refractivity contribution in [2.75, 3.05) is 13.2 Å². The molecular weight excluding hydrogens is 326 g/mol. The molecule has 1 atom stereocenters. The van der Waals surface area contributed by atoms with Crippen LogP contribution in [0.2, 0.25) is 0 Å². The van der Waals surface area contributed by atoms with E-state index < -0.39 is 0 Å². The second-order valence-electron chi connectivity index (χ2n) is 5.34. The van der Waals surface area contributed by atoms with Crippen LogP contribution in [0.15, 0.2) is 21.2 Å². The Kier molecular flexibility index (Phi) is 4.14. The number of nitrogens with one attached hydrogen (secondary N) is 1. The quantitative estimate of drug-likeness (QED) is 0.916. The number of carbonyl (C=O) groups is 1. The van der Waals surface area contributed by atoms with E-state index in [1.807, 2.05) is 0 Å². The molecule has 2 heterocycles. The highest BCUT2D eigenvalue weighted by atomic mass is 79.9. The lowest BCUT2D eigenvalue weighted by Gasteiger charge is -2.31. The van der Waals surface area contributed by atoms with Gasteiger partial charge in [-0.05, 0) is 40.9 Å². The largest absolute Gasteiger partial charge is 0.444 e. The van der Waals surface area contributed by atoms with Gasteiger partial charge in [-0.1, -0.05) is 6.42 Å².